The topological polar surface area (TPSA) is 17.1 Å². The molecule has 1 heteroatoms. The van der Waals surface area contributed by atoms with E-state index >= 15 is 0 Å². The third-order valence-electron chi connectivity index (χ3n) is 5.58. The van der Waals surface area contributed by atoms with Crippen LogP contribution in [0, 0.1) is 25.2 Å². The lowest BCUT2D eigenvalue weighted by Crippen LogP contribution is -2.29. The zero-order valence-corrected chi connectivity index (χ0v) is 17.2. The largest absolute Gasteiger partial charge is 0.289 e. The lowest BCUT2D eigenvalue weighted by molar-refractivity contribution is -0.113. The molecule has 27 heavy (non-hydrogen) atoms. The zero-order valence-electron chi connectivity index (χ0n) is 17.2. The average Bonchev–Trinajstić information content (AvgIpc) is 2.61. The third kappa shape index (κ3) is 4.86. The molecule has 0 radical (unpaired) electrons. The van der Waals surface area contributed by atoms with Crippen LogP contribution in [0.3, 0.4) is 0 Å². The van der Waals surface area contributed by atoms with Crippen LogP contribution < -0.4 is 0 Å². The SMILES string of the molecule is Cc1ccc(/C=C2/CC(C(C)(C)C)C/C(=C/c3ccc(C)cc3)C2=O)cc1. The zero-order chi connectivity index (χ0) is 19.6. The van der Waals surface area contributed by atoms with Crippen molar-refractivity contribution in [1.29, 1.82) is 0 Å². The van der Waals surface area contributed by atoms with Crippen molar-refractivity contribution in [1.82, 2.24) is 0 Å². The first-order valence-electron chi connectivity index (χ1n) is 9.81. The van der Waals surface area contributed by atoms with Crippen LogP contribution in [0.15, 0.2) is 59.7 Å². The van der Waals surface area contributed by atoms with Crippen LogP contribution in [-0.4, -0.2) is 5.78 Å². The fourth-order valence-electron chi connectivity index (χ4n) is 3.58. The molecule has 1 saturated carbocycles. The summed E-state index contributed by atoms with van der Waals surface area (Å²) in [7, 11) is 0. The van der Waals surface area contributed by atoms with E-state index in [0.717, 1.165) is 35.1 Å². The van der Waals surface area contributed by atoms with Crippen LogP contribution in [0.5, 0.6) is 0 Å². The molecule has 1 fully saturated rings. The average molecular weight is 359 g/mol. The van der Waals surface area contributed by atoms with E-state index in [1.807, 2.05) is 0 Å². The molecular formula is C26H30O. The van der Waals surface area contributed by atoms with Crippen molar-refractivity contribution in [3.8, 4) is 0 Å². The summed E-state index contributed by atoms with van der Waals surface area (Å²) >= 11 is 0. The van der Waals surface area contributed by atoms with Crippen molar-refractivity contribution in [2.45, 2.75) is 47.5 Å². The van der Waals surface area contributed by atoms with Gasteiger partial charge in [0.15, 0.2) is 5.78 Å². The van der Waals surface area contributed by atoms with Gasteiger partial charge in [0.05, 0.1) is 0 Å². The third-order valence-corrected chi connectivity index (χ3v) is 5.58. The minimum Gasteiger partial charge on any atom is -0.289 e. The number of benzene rings is 2. The molecule has 1 aliphatic carbocycles. The van der Waals surface area contributed by atoms with Gasteiger partial charge in [-0.25, -0.2) is 0 Å². The summed E-state index contributed by atoms with van der Waals surface area (Å²) in [6.45, 7) is 11.0. The Bertz CT molecular complexity index is 804. The van der Waals surface area contributed by atoms with Gasteiger partial charge in [-0.3, -0.25) is 4.79 Å². The molecular weight excluding hydrogens is 328 g/mol. The van der Waals surface area contributed by atoms with Gasteiger partial charge < -0.3 is 0 Å². The van der Waals surface area contributed by atoms with Crippen LogP contribution in [-0.2, 0) is 4.79 Å². The normalized spacial score (nSPS) is 21.1. The number of hydrogen-bond acceptors (Lipinski definition) is 1. The fourth-order valence-corrected chi connectivity index (χ4v) is 3.58. The van der Waals surface area contributed by atoms with Gasteiger partial charge in [-0.15, -0.1) is 0 Å². The Balaban J connectivity index is 1.99. The molecule has 0 aromatic heterocycles. The lowest BCUT2D eigenvalue weighted by atomic mass is 9.68. The molecule has 0 bridgehead atoms. The predicted molar refractivity (Wildman–Crippen MR) is 115 cm³/mol. The first-order valence-corrected chi connectivity index (χ1v) is 9.81. The second kappa shape index (κ2) is 7.68. The monoisotopic (exact) mass is 358 g/mol. The van der Waals surface area contributed by atoms with Crippen molar-refractivity contribution in [3.05, 3.63) is 81.9 Å². The number of carbonyl (C=O) groups is 1. The van der Waals surface area contributed by atoms with E-state index < -0.39 is 0 Å². The van der Waals surface area contributed by atoms with E-state index in [9.17, 15) is 4.79 Å². The minimum atomic E-state index is 0.166. The summed E-state index contributed by atoms with van der Waals surface area (Å²) in [6, 6.07) is 16.8. The van der Waals surface area contributed by atoms with Crippen LogP contribution in [0.4, 0.5) is 0 Å². The highest BCUT2D eigenvalue weighted by Gasteiger charge is 2.34. The van der Waals surface area contributed by atoms with E-state index in [2.05, 4.69) is 95.3 Å². The Morgan fingerprint density at radius 3 is 1.44 bits per heavy atom. The van der Waals surface area contributed by atoms with E-state index in [1.54, 1.807) is 0 Å². The van der Waals surface area contributed by atoms with Crippen molar-refractivity contribution in [2.24, 2.45) is 11.3 Å². The summed E-state index contributed by atoms with van der Waals surface area (Å²) in [5.74, 6) is 0.667. The van der Waals surface area contributed by atoms with Gasteiger partial charge in [0.1, 0.15) is 0 Å². The van der Waals surface area contributed by atoms with Gasteiger partial charge in [-0.2, -0.15) is 0 Å². The molecule has 0 unspecified atom stereocenters. The molecule has 1 nitrogen and oxygen atoms in total. The van der Waals surface area contributed by atoms with Crippen LogP contribution in [0.2, 0.25) is 0 Å². The number of Topliss-reactive ketones (excluding diaryl/α,β-unsaturated/α-hetero) is 1. The van der Waals surface area contributed by atoms with Crippen LogP contribution in [0.25, 0.3) is 12.2 Å². The highest BCUT2D eigenvalue weighted by atomic mass is 16.1. The van der Waals surface area contributed by atoms with Crippen LogP contribution in [0.1, 0.15) is 55.9 Å². The van der Waals surface area contributed by atoms with Gasteiger partial charge in [0.2, 0.25) is 0 Å². The standard InChI is InChI=1S/C26H30O/c1-18-6-10-20(11-7-18)14-22-16-24(26(3,4)5)17-23(25(22)27)15-21-12-8-19(2)9-13-21/h6-15,24H,16-17H2,1-5H3/b22-14-,23-15-. The molecule has 0 amide bonds. The number of ketones is 1. The van der Waals surface area contributed by atoms with Gasteiger partial charge in [0, 0.05) is 11.1 Å². The van der Waals surface area contributed by atoms with Crippen LogP contribution >= 0.6 is 0 Å². The molecule has 1 aliphatic rings. The summed E-state index contributed by atoms with van der Waals surface area (Å²) in [5, 5.41) is 0. The van der Waals surface area contributed by atoms with E-state index in [1.165, 1.54) is 11.1 Å². The van der Waals surface area contributed by atoms with Crippen molar-refractivity contribution < 1.29 is 4.79 Å². The first kappa shape index (κ1) is 19.4. The molecule has 0 saturated heterocycles. The summed E-state index contributed by atoms with van der Waals surface area (Å²) in [4.78, 5) is 13.2. The minimum absolute atomic E-state index is 0.166. The molecule has 2 aromatic rings. The second-order valence-corrected chi connectivity index (χ2v) is 8.96. The highest BCUT2D eigenvalue weighted by molar-refractivity contribution is 6.14. The van der Waals surface area contributed by atoms with Gasteiger partial charge in [-0.1, -0.05) is 80.4 Å². The van der Waals surface area contributed by atoms with E-state index in [4.69, 9.17) is 0 Å². The molecule has 2 aromatic carbocycles. The Morgan fingerprint density at radius 2 is 1.11 bits per heavy atom. The Hall–Kier alpha value is -2.41. The smallest absolute Gasteiger partial charge is 0.185 e. The number of carbonyl (C=O) groups excluding carboxylic acids is 1. The van der Waals surface area contributed by atoms with Crippen molar-refractivity contribution in [2.75, 3.05) is 0 Å². The predicted octanol–water partition coefficient (Wildman–Crippen LogP) is 6.80. The quantitative estimate of drug-likeness (QED) is 0.540. The Morgan fingerprint density at radius 1 is 0.741 bits per heavy atom. The maximum atomic E-state index is 13.2. The van der Waals surface area contributed by atoms with Crippen molar-refractivity contribution in [3.63, 3.8) is 0 Å². The molecule has 0 spiro atoms. The van der Waals surface area contributed by atoms with Crippen molar-refractivity contribution >= 4 is 17.9 Å². The van der Waals surface area contributed by atoms with Gasteiger partial charge >= 0.3 is 0 Å². The maximum Gasteiger partial charge on any atom is 0.185 e. The second-order valence-electron chi connectivity index (χ2n) is 8.96. The molecule has 0 N–H and O–H groups in total. The Labute approximate surface area is 163 Å². The van der Waals surface area contributed by atoms with E-state index in [0.29, 0.717) is 5.92 Å². The molecule has 140 valence electrons. The van der Waals surface area contributed by atoms with Gasteiger partial charge in [-0.05, 0) is 61.3 Å². The number of allylic oxidation sites excluding steroid dienone is 2. The summed E-state index contributed by atoms with van der Waals surface area (Å²) in [6.07, 6.45) is 5.87. The summed E-state index contributed by atoms with van der Waals surface area (Å²) < 4.78 is 0. The van der Waals surface area contributed by atoms with Gasteiger partial charge in [0.25, 0.3) is 0 Å². The lowest BCUT2D eigenvalue weighted by Gasteiger charge is -2.35. The first-order chi connectivity index (χ1) is 12.7. The molecule has 3 rings (SSSR count). The fraction of sp³-hybridized carbons (Fsp3) is 0.346. The molecule has 0 aliphatic heterocycles. The number of aryl methyl sites for hydroxylation is 2. The Kier molecular flexibility index (Phi) is 5.51. The maximum absolute atomic E-state index is 13.2. The highest BCUT2D eigenvalue weighted by Crippen LogP contribution is 2.41. The number of rotatable bonds is 2. The van der Waals surface area contributed by atoms with E-state index in [-0.39, 0.29) is 11.2 Å². The molecule has 0 heterocycles. The number of hydrogen-bond donors (Lipinski definition) is 0. The summed E-state index contributed by atoms with van der Waals surface area (Å²) in [5.41, 5.74) is 6.71. The molecule has 0 atom stereocenters.